The van der Waals surface area contributed by atoms with Crippen LogP contribution in [0.25, 0.3) is 5.69 Å². The molecule has 2 amide bonds. The van der Waals surface area contributed by atoms with Gasteiger partial charge in [-0.15, -0.1) is 0 Å². The second kappa shape index (κ2) is 7.23. The molecular formula is C16H23N5O2. The number of benzene rings is 1. The Morgan fingerprint density at radius 3 is 2.57 bits per heavy atom. The highest BCUT2D eigenvalue weighted by Gasteiger charge is 2.25. The first-order chi connectivity index (χ1) is 10.9. The molecule has 1 atom stereocenters. The summed E-state index contributed by atoms with van der Waals surface area (Å²) in [6.07, 6.45) is 3.10. The quantitative estimate of drug-likeness (QED) is 0.752. The van der Waals surface area contributed by atoms with Crippen molar-refractivity contribution < 1.29 is 9.90 Å². The lowest BCUT2D eigenvalue weighted by molar-refractivity contribution is 0.0166. The van der Waals surface area contributed by atoms with E-state index in [0.29, 0.717) is 6.54 Å². The minimum Gasteiger partial charge on any atom is -0.388 e. The molecule has 124 valence electrons. The summed E-state index contributed by atoms with van der Waals surface area (Å²) >= 11 is 0. The number of urea groups is 1. The Morgan fingerprint density at radius 1 is 1.30 bits per heavy atom. The number of hydrogen-bond acceptors (Lipinski definition) is 4. The molecule has 0 aliphatic carbocycles. The minimum atomic E-state index is -0.920. The van der Waals surface area contributed by atoms with E-state index in [1.54, 1.807) is 17.9 Å². The van der Waals surface area contributed by atoms with Crippen molar-refractivity contribution in [2.24, 2.45) is 5.92 Å². The number of carbonyl (C=O) groups is 1. The first-order valence-electron chi connectivity index (χ1n) is 7.56. The van der Waals surface area contributed by atoms with E-state index >= 15 is 0 Å². The number of aromatic nitrogens is 3. The zero-order valence-corrected chi connectivity index (χ0v) is 13.7. The third-order valence-electron chi connectivity index (χ3n) is 3.92. The van der Waals surface area contributed by atoms with Crippen LogP contribution in [0.15, 0.2) is 36.9 Å². The van der Waals surface area contributed by atoms with Crippen molar-refractivity contribution >= 4 is 6.03 Å². The second-order valence-electron chi connectivity index (χ2n) is 6.05. The van der Waals surface area contributed by atoms with Crippen LogP contribution in [0.4, 0.5) is 4.79 Å². The Labute approximate surface area is 135 Å². The maximum Gasteiger partial charge on any atom is 0.315 e. The van der Waals surface area contributed by atoms with Crippen molar-refractivity contribution in [3.8, 4) is 5.69 Å². The van der Waals surface area contributed by atoms with Crippen LogP contribution in [-0.4, -0.2) is 38.0 Å². The van der Waals surface area contributed by atoms with Gasteiger partial charge in [-0.3, -0.25) is 0 Å². The Kier molecular flexibility index (Phi) is 5.33. The fourth-order valence-corrected chi connectivity index (χ4v) is 1.82. The van der Waals surface area contributed by atoms with E-state index in [0.717, 1.165) is 11.3 Å². The molecule has 7 nitrogen and oxygen atoms in total. The summed E-state index contributed by atoms with van der Waals surface area (Å²) in [7, 11) is 0. The van der Waals surface area contributed by atoms with E-state index in [1.807, 2.05) is 38.1 Å². The lowest BCUT2D eigenvalue weighted by Gasteiger charge is -2.27. The fraction of sp³-hybridized carbons (Fsp3) is 0.438. The molecule has 0 aliphatic rings. The molecule has 0 bridgehead atoms. The first-order valence-corrected chi connectivity index (χ1v) is 7.56. The van der Waals surface area contributed by atoms with Crippen LogP contribution in [0.2, 0.25) is 0 Å². The predicted molar refractivity (Wildman–Crippen MR) is 87.1 cm³/mol. The summed E-state index contributed by atoms with van der Waals surface area (Å²) in [5, 5.41) is 19.6. The monoisotopic (exact) mass is 317 g/mol. The number of hydrogen-bond donors (Lipinski definition) is 3. The first kappa shape index (κ1) is 17.0. The largest absolute Gasteiger partial charge is 0.388 e. The summed E-state index contributed by atoms with van der Waals surface area (Å²) in [4.78, 5) is 15.7. The highest BCUT2D eigenvalue weighted by atomic mass is 16.3. The van der Waals surface area contributed by atoms with Gasteiger partial charge < -0.3 is 15.7 Å². The third-order valence-corrected chi connectivity index (χ3v) is 3.92. The van der Waals surface area contributed by atoms with E-state index in [-0.39, 0.29) is 18.5 Å². The van der Waals surface area contributed by atoms with Crippen LogP contribution in [0.1, 0.15) is 26.3 Å². The molecule has 3 N–H and O–H groups in total. The summed E-state index contributed by atoms with van der Waals surface area (Å²) in [5.74, 6) is 0.0622. The molecule has 0 saturated carbocycles. The summed E-state index contributed by atoms with van der Waals surface area (Å²) in [5.41, 5.74) is 0.958. The van der Waals surface area contributed by atoms with E-state index in [9.17, 15) is 9.90 Å². The standard InChI is InChI=1S/C16H23N5O2/c1-12(2)16(3,23)9-19-15(22)18-8-13-4-6-14(7-5-13)21-11-17-10-20-21/h4-7,10-12,23H,8-9H2,1-3H3,(H2,18,19,22). The lowest BCUT2D eigenvalue weighted by Crippen LogP contribution is -2.47. The van der Waals surface area contributed by atoms with Crippen molar-refractivity contribution in [3.05, 3.63) is 42.5 Å². The number of rotatable bonds is 6. The van der Waals surface area contributed by atoms with Gasteiger partial charge in [0.15, 0.2) is 0 Å². The molecule has 0 spiro atoms. The van der Waals surface area contributed by atoms with Crippen molar-refractivity contribution in [3.63, 3.8) is 0 Å². The molecule has 1 aromatic heterocycles. The Balaban J connectivity index is 1.80. The molecule has 0 saturated heterocycles. The number of nitrogens with zero attached hydrogens (tertiary/aromatic N) is 3. The average molecular weight is 317 g/mol. The van der Waals surface area contributed by atoms with E-state index < -0.39 is 5.60 Å². The smallest absolute Gasteiger partial charge is 0.315 e. The van der Waals surface area contributed by atoms with Crippen LogP contribution in [0, 0.1) is 5.92 Å². The van der Waals surface area contributed by atoms with Crippen LogP contribution in [0.5, 0.6) is 0 Å². The van der Waals surface area contributed by atoms with Crippen molar-refractivity contribution in [2.75, 3.05) is 6.54 Å². The molecule has 1 aromatic carbocycles. The molecule has 2 aromatic rings. The third kappa shape index (κ3) is 4.79. The maximum absolute atomic E-state index is 11.8. The van der Waals surface area contributed by atoms with Gasteiger partial charge in [0, 0.05) is 13.1 Å². The maximum atomic E-state index is 11.8. The van der Waals surface area contributed by atoms with Crippen molar-refractivity contribution in [1.29, 1.82) is 0 Å². The van der Waals surface area contributed by atoms with Gasteiger partial charge in [0.25, 0.3) is 0 Å². The number of nitrogens with one attached hydrogen (secondary N) is 2. The van der Waals surface area contributed by atoms with Gasteiger partial charge in [0.05, 0.1) is 11.3 Å². The van der Waals surface area contributed by atoms with Gasteiger partial charge in [-0.25, -0.2) is 14.5 Å². The minimum absolute atomic E-state index is 0.0622. The van der Waals surface area contributed by atoms with E-state index in [2.05, 4.69) is 20.7 Å². The average Bonchev–Trinajstić information content (AvgIpc) is 3.06. The molecule has 23 heavy (non-hydrogen) atoms. The van der Waals surface area contributed by atoms with Gasteiger partial charge in [0.2, 0.25) is 0 Å². The van der Waals surface area contributed by atoms with Gasteiger partial charge in [-0.2, -0.15) is 5.10 Å². The lowest BCUT2D eigenvalue weighted by atomic mass is 9.93. The Bertz CT molecular complexity index is 620. The van der Waals surface area contributed by atoms with Crippen LogP contribution < -0.4 is 10.6 Å². The highest BCUT2D eigenvalue weighted by molar-refractivity contribution is 5.73. The van der Waals surface area contributed by atoms with Gasteiger partial charge in [-0.05, 0) is 30.5 Å². The fourth-order valence-electron chi connectivity index (χ4n) is 1.82. The Hall–Kier alpha value is -2.41. The van der Waals surface area contributed by atoms with Gasteiger partial charge in [0.1, 0.15) is 12.7 Å². The molecule has 7 heteroatoms. The molecule has 1 unspecified atom stereocenters. The van der Waals surface area contributed by atoms with E-state index in [1.165, 1.54) is 6.33 Å². The summed E-state index contributed by atoms with van der Waals surface area (Å²) in [6.45, 7) is 6.16. The van der Waals surface area contributed by atoms with Crippen LogP contribution in [0.3, 0.4) is 0 Å². The summed E-state index contributed by atoms with van der Waals surface area (Å²) in [6, 6.07) is 7.36. The zero-order valence-electron chi connectivity index (χ0n) is 13.7. The van der Waals surface area contributed by atoms with E-state index in [4.69, 9.17) is 0 Å². The molecule has 0 aliphatic heterocycles. The molecule has 0 radical (unpaired) electrons. The molecule has 2 rings (SSSR count). The highest BCUT2D eigenvalue weighted by Crippen LogP contribution is 2.14. The Morgan fingerprint density at radius 2 is 2.00 bits per heavy atom. The van der Waals surface area contributed by atoms with Crippen molar-refractivity contribution in [1.82, 2.24) is 25.4 Å². The topological polar surface area (TPSA) is 92.1 Å². The predicted octanol–water partition coefficient (Wildman–Crippen LogP) is 1.47. The van der Waals surface area contributed by atoms with Crippen LogP contribution >= 0.6 is 0 Å². The van der Waals surface area contributed by atoms with Gasteiger partial charge in [-0.1, -0.05) is 26.0 Å². The molecule has 1 heterocycles. The number of aliphatic hydroxyl groups is 1. The normalized spacial score (nSPS) is 13.6. The zero-order chi connectivity index (χ0) is 16.9. The number of amides is 2. The number of carbonyl (C=O) groups excluding carboxylic acids is 1. The second-order valence-corrected chi connectivity index (χ2v) is 6.05. The molecule has 0 fully saturated rings. The SMILES string of the molecule is CC(C)C(C)(O)CNC(=O)NCc1ccc(-n2cncn2)cc1. The summed E-state index contributed by atoms with van der Waals surface area (Å²) < 4.78 is 1.66. The van der Waals surface area contributed by atoms with Gasteiger partial charge >= 0.3 is 6.03 Å². The molecular weight excluding hydrogens is 294 g/mol. The van der Waals surface area contributed by atoms with Crippen molar-refractivity contribution in [2.45, 2.75) is 32.9 Å². The van der Waals surface area contributed by atoms with Crippen LogP contribution in [-0.2, 0) is 6.54 Å².